The molecule has 3 aromatic rings. The molecule has 0 saturated heterocycles. The zero-order valence-corrected chi connectivity index (χ0v) is 25.8. The number of hydrogen-bond donors (Lipinski definition) is 0. The molecule has 0 nitrogen and oxygen atoms in total. The summed E-state index contributed by atoms with van der Waals surface area (Å²) < 4.78 is 0. The first kappa shape index (κ1) is 29.7. The fourth-order valence-electron chi connectivity index (χ4n) is 6.35. The van der Waals surface area contributed by atoms with E-state index in [-0.39, 0.29) is 21.7 Å². The summed E-state index contributed by atoms with van der Waals surface area (Å²) in [6.45, 7) is 31.6. The molecule has 0 amide bonds. The quantitative estimate of drug-likeness (QED) is 0.266. The molecule has 0 N–H and O–H groups in total. The summed E-state index contributed by atoms with van der Waals surface area (Å²) in [5.74, 6) is 0. The lowest BCUT2D eigenvalue weighted by Crippen LogP contribution is -2.24. The standard InChI is InChI=1S/C38H50/c1-13-27(2)30-22-31(28-14-18-33(19-15-28)37(9,10)25-35(3,4)5)24-32(23-30)29-16-20-34(21-17-29)38(11,12)26-36(6,7)8/h13-24H,1-2,25-26H2,3-12H3. The van der Waals surface area contributed by atoms with Gasteiger partial charge in [-0.05, 0) is 97.2 Å². The third-order valence-electron chi connectivity index (χ3n) is 7.49. The Morgan fingerprint density at radius 2 is 0.895 bits per heavy atom. The molecule has 0 unspecified atom stereocenters. The van der Waals surface area contributed by atoms with Gasteiger partial charge in [0.25, 0.3) is 0 Å². The van der Waals surface area contributed by atoms with Gasteiger partial charge in [-0.2, -0.15) is 0 Å². The van der Waals surface area contributed by atoms with E-state index in [4.69, 9.17) is 0 Å². The van der Waals surface area contributed by atoms with Crippen molar-refractivity contribution in [1.82, 2.24) is 0 Å². The lowest BCUT2D eigenvalue weighted by atomic mass is 9.72. The third-order valence-corrected chi connectivity index (χ3v) is 7.49. The summed E-state index contributed by atoms with van der Waals surface area (Å²) in [5.41, 5.74) is 10.5. The Balaban J connectivity index is 2.00. The van der Waals surface area contributed by atoms with Crippen LogP contribution in [0.15, 0.2) is 86.0 Å². The van der Waals surface area contributed by atoms with Crippen molar-refractivity contribution in [1.29, 1.82) is 0 Å². The first-order valence-corrected chi connectivity index (χ1v) is 14.1. The van der Waals surface area contributed by atoms with E-state index >= 15 is 0 Å². The fourth-order valence-corrected chi connectivity index (χ4v) is 6.35. The summed E-state index contributed by atoms with van der Waals surface area (Å²) in [5, 5.41) is 0. The molecule has 0 aliphatic heterocycles. The number of allylic oxidation sites excluding steroid dienone is 2. The van der Waals surface area contributed by atoms with Gasteiger partial charge < -0.3 is 0 Å². The topological polar surface area (TPSA) is 0 Å². The van der Waals surface area contributed by atoms with Crippen molar-refractivity contribution in [3.63, 3.8) is 0 Å². The van der Waals surface area contributed by atoms with Gasteiger partial charge in [-0.3, -0.25) is 0 Å². The van der Waals surface area contributed by atoms with E-state index in [0.717, 1.165) is 24.0 Å². The number of benzene rings is 3. The van der Waals surface area contributed by atoms with E-state index < -0.39 is 0 Å². The van der Waals surface area contributed by atoms with Gasteiger partial charge in [0.15, 0.2) is 0 Å². The van der Waals surface area contributed by atoms with Crippen molar-refractivity contribution in [3.05, 3.63) is 103 Å². The van der Waals surface area contributed by atoms with Crippen molar-refractivity contribution in [2.45, 2.75) is 92.9 Å². The maximum atomic E-state index is 4.26. The molecule has 0 fully saturated rings. The second-order valence-electron chi connectivity index (χ2n) is 14.9. The summed E-state index contributed by atoms with van der Waals surface area (Å²) in [6.07, 6.45) is 4.13. The minimum atomic E-state index is 0.128. The Morgan fingerprint density at radius 1 is 0.553 bits per heavy atom. The molecule has 202 valence electrons. The molecule has 3 rings (SSSR count). The monoisotopic (exact) mass is 506 g/mol. The molecule has 3 aromatic carbocycles. The first-order valence-electron chi connectivity index (χ1n) is 14.1. The molecule has 0 radical (unpaired) electrons. The molecular weight excluding hydrogens is 456 g/mol. The molecule has 0 bridgehead atoms. The second kappa shape index (κ2) is 10.7. The average Bonchev–Trinajstić information content (AvgIpc) is 2.80. The Morgan fingerprint density at radius 3 is 1.18 bits per heavy atom. The van der Waals surface area contributed by atoms with Crippen LogP contribution >= 0.6 is 0 Å². The van der Waals surface area contributed by atoms with E-state index in [9.17, 15) is 0 Å². The molecule has 0 heterocycles. The molecule has 0 atom stereocenters. The summed E-state index contributed by atoms with van der Waals surface area (Å²) in [6, 6.07) is 25.1. The smallest absolute Gasteiger partial charge is 0.00986 e. The fraction of sp³-hybridized carbons (Fsp3) is 0.421. The highest BCUT2D eigenvalue weighted by molar-refractivity contribution is 5.82. The lowest BCUT2D eigenvalue weighted by molar-refractivity contribution is 0.283. The Kier molecular flexibility index (Phi) is 8.38. The zero-order chi connectivity index (χ0) is 28.5. The summed E-state index contributed by atoms with van der Waals surface area (Å²) >= 11 is 0. The highest BCUT2D eigenvalue weighted by Gasteiger charge is 2.28. The largest absolute Gasteiger partial charge is 0.0985 e. The van der Waals surface area contributed by atoms with Gasteiger partial charge in [0, 0.05) is 0 Å². The molecule has 0 aliphatic rings. The minimum absolute atomic E-state index is 0.128. The predicted octanol–water partition coefficient (Wildman–Crippen LogP) is 11.6. The van der Waals surface area contributed by atoms with Gasteiger partial charge in [-0.1, -0.05) is 137 Å². The molecule has 0 aliphatic carbocycles. The van der Waals surface area contributed by atoms with Crippen LogP contribution in [-0.4, -0.2) is 0 Å². The molecule has 0 spiro atoms. The van der Waals surface area contributed by atoms with Crippen molar-refractivity contribution in [2.75, 3.05) is 0 Å². The van der Waals surface area contributed by atoms with Gasteiger partial charge in [-0.25, -0.2) is 0 Å². The first-order chi connectivity index (χ1) is 17.4. The Hall–Kier alpha value is -2.86. The molecule has 0 aromatic heterocycles. The number of rotatable bonds is 8. The maximum Gasteiger partial charge on any atom is -0.00986 e. The van der Waals surface area contributed by atoms with Gasteiger partial charge in [0.2, 0.25) is 0 Å². The second-order valence-corrected chi connectivity index (χ2v) is 14.9. The van der Waals surface area contributed by atoms with Crippen molar-refractivity contribution >= 4 is 5.57 Å². The van der Waals surface area contributed by atoms with Gasteiger partial charge >= 0.3 is 0 Å². The van der Waals surface area contributed by atoms with Gasteiger partial charge in [0.05, 0.1) is 0 Å². The van der Waals surface area contributed by atoms with E-state index in [1.807, 2.05) is 6.08 Å². The van der Waals surface area contributed by atoms with Crippen LogP contribution in [-0.2, 0) is 10.8 Å². The highest BCUT2D eigenvalue weighted by Crippen LogP contribution is 2.39. The Labute approximate surface area is 233 Å². The minimum Gasteiger partial charge on any atom is -0.0985 e. The number of hydrogen-bond acceptors (Lipinski definition) is 0. The van der Waals surface area contributed by atoms with Crippen LogP contribution in [0.4, 0.5) is 0 Å². The van der Waals surface area contributed by atoms with E-state index in [2.05, 4.69) is 149 Å². The van der Waals surface area contributed by atoms with E-state index in [1.165, 1.54) is 33.4 Å². The molecule has 0 heteroatoms. The summed E-state index contributed by atoms with van der Waals surface area (Å²) in [4.78, 5) is 0. The van der Waals surface area contributed by atoms with Crippen LogP contribution in [0.2, 0.25) is 0 Å². The molecule has 0 saturated carbocycles. The van der Waals surface area contributed by atoms with Crippen LogP contribution in [0.1, 0.15) is 98.8 Å². The van der Waals surface area contributed by atoms with Crippen molar-refractivity contribution in [2.24, 2.45) is 10.8 Å². The molecule has 38 heavy (non-hydrogen) atoms. The predicted molar refractivity (Wildman–Crippen MR) is 171 cm³/mol. The zero-order valence-electron chi connectivity index (χ0n) is 25.8. The van der Waals surface area contributed by atoms with E-state index in [0.29, 0.717) is 0 Å². The maximum absolute atomic E-state index is 4.26. The average molecular weight is 507 g/mol. The SMILES string of the molecule is C=CC(=C)c1cc(-c2ccc(C(C)(C)CC(C)(C)C)cc2)cc(-c2ccc(C(C)(C)CC(C)(C)C)cc2)c1. The Bertz CT molecular complexity index is 1170. The molecular formula is C38H50. The van der Waals surface area contributed by atoms with Gasteiger partial charge in [0.1, 0.15) is 0 Å². The highest BCUT2D eigenvalue weighted by atomic mass is 14.3. The van der Waals surface area contributed by atoms with Crippen molar-refractivity contribution < 1.29 is 0 Å². The third kappa shape index (κ3) is 7.59. The van der Waals surface area contributed by atoms with Crippen LogP contribution in [0.25, 0.3) is 27.8 Å². The van der Waals surface area contributed by atoms with Crippen LogP contribution in [0.3, 0.4) is 0 Å². The van der Waals surface area contributed by atoms with E-state index in [1.54, 1.807) is 0 Å². The normalized spacial score (nSPS) is 12.9. The van der Waals surface area contributed by atoms with Gasteiger partial charge in [-0.15, -0.1) is 0 Å². The van der Waals surface area contributed by atoms with Crippen LogP contribution in [0, 0.1) is 10.8 Å². The lowest BCUT2D eigenvalue weighted by Gasteiger charge is -2.33. The van der Waals surface area contributed by atoms with Crippen LogP contribution < -0.4 is 0 Å². The van der Waals surface area contributed by atoms with Crippen molar-refractivity contribution in [3.8, 4) is 22.3 Å². The summed E-state index contributed by atoms with van der Waals surface area (Å²) in [7, 11) is 0. The van der Waals surface area contributed by atoms with Crippen LogP contribution in [0.5, 0.6) is 0 Å².